The Morgan fingerprint density at radius 2 is 2.44 bits per heavy atom. The second-order valence-electron chi connectivity index (χ2n) is 2.44. The van der Waals surface area contributed by atoms with Crippen molar-refractivity contribution in [2.75, 3.05) is 13.6 Å². The van der Waals surface area contributed by atoms with Crippen LogP contribution in [0.5, 0.6) is 0 Å². The highest BCUT2D eigenvalue weighted by atomic mass is 35.5. The molecule has 0 aromatic carbocycles. The predicted molar refractivity (Wildman–Crippen MR) is 36.5 cm³/mol. The third-order valence-corrected chi connectivity index (χ3v) is 2.03. The summed E-state index contributed by atoms with van der Waals surface area (Å²) in [6.45, 7) is 1.00. The Morgan fingerprint density at radius 1 is 1.78 bits per heavy atom. The molecule has 1 heterocycles. The van der Waals surface area contributed by atoms with Gasteiger partial charge in [0, 0.05) is 0 Å². The van der Waals surface area contributed by atoms with Gasteiger partial charge in [0.1, 0.15) is 0 Å². The maximum atomic E-state index is 10.6. The number of hydrogen-bond acceptors (Lipinski definition) is 2. The standard InChI is InChI=1S/C6H10ClNO/c1-8-4-2-3-5(8)6(7)9/h5H,2-4H2,1H3. The van der Waals surface area contributed by atoms with Crippen LogP contribution in [0.2, 0.25) is 0 Å². The van der Waals surface area contributed by atoms with E-state index in [2.05, 4.69) is 0 Å². The highest BCUT2D eigenvalue weighted by Crippen LogP contribution is 2.16. The van der Waals surface area contributed by atoms with Crippen LogP contribution in [0, 0.1) is 0 Å². The lowest BCUT2D eigenvalue weighted by molar-refractivity contribution is -0.115. The van der Waals surface area contributed by atoms with E-state index in [1.165, 1.54) is 0 Å². The van der Waals surface area contributed by atoms with Gasteiger partial charge in [0.25, 0.3) is 0 Å². The summed E-state index contributed by atoms with van der Waals surface area (Å²) in [6, 6.07) is -0.00772. The smallest absolute Gasteiger partial charge is 0.238 e. The quantitative estimate of drug-likeness (QED) is 0.513. The molecule has 1 aliphatic heterocycles. The van der Waals surface area contributed by atoms with Gasteiger partial charge in [-0.1, -0.05) is 0 Å². The van der Waals surface area contributed by atoms with Crippen LogP contribution in [-0.4, -0.2) is 29.8 Å². The van der Waals surface area contributed by atoms with Crippen LogP contribution in [0.15, 0.2) is 0 Å². The van der Waals surface area contributed by atoms with Gasteiger partial charge in [-0.3, -0.25) is 9.69 Å². The van der Waals surface area contributed by atoms with Gasteiger partial charge in [0.2, 0.25) is 5.24 Å². The molecule has 0 bridgehead atoms. The first-order valence-corrected chi connectivity index (χ1v) is 3.49. The molecule has 1 atom stereocenters. The summed E-state index contributed by atoms with van der Waals surface area (Å²) in [7, 11) is 1.93. The maximum Gasteiger partial charge on any atom is 0.238 e. The molecule has 1 saturated heterocycles. The summed E-state index contributed by atoms with van der Waals surface area (Å²) in [5, 5.41) is -0.213. The Hall–Kier alpha value is -0.0800. The Bertz CT molecular complexity index is 126. The molecule has 0 N–H and O–H groups in total. The van der Waals surface area contributed by atoms with Crippen LogP contribution in [-0.2, 0) is 4.79 Å². The summed E-state index contributed by atoms with van der Waals surface area (Å²) in [6.07, 6.45) is 2.03. The second-order valence-corrected chi connectivity index (χ2v) is 2.82. The van der Waals surface area contributed by atoms with Crippen molar-refractivity contribution in [3.05, 3.63) is 0 Å². The first-order chi connectivity index (χ1) is 4.22. The van der Waals surface area contributed by atoms with Gasteiger partial charge in [0.15, 0.2) is 0 Å². The largest absolute Gasteiger partial charge is 0.296 e. The monoisotopic (exact) mass is 147 g/mol. The van der Waals surface area contributed by atoms with E-state index in [0.29, 0.717) is 0 Å². The van der Waals surface area contributed by atoms with Crippen molar-refractivity contribution in [3.63, 3.8) is 0 Å². The highest BCUT2D eigenvalue weighted by molar-refractivity contribution is 6.64. The lowest BCUT2D eigenvalue weighted by atomic mass is 10.2. The van der Waals surface area contributed by atoms with Crippen molar-refractivity contribution in [3.8, 4) is 0 Å². The van der Waals surface area contributed by atoms with E-state index < -0.39 is 0 Å². The number of halogens is 1. The fraction of sp³-hybridized carbons (Fsp3) is 0.833. The number of likely N-dealkylation sites (N-methyl/N-ethyl adjacent to an activating group) is 1. The molecule has 0 aliphatic carbocycles. The molecule has 2 nitrogen and oxygen atoms in total. The molecule has 0 radical (unpaired) electrons. The van der Waals surface area contributed by atoms with Crippen molar-refractivity contribution in [2.24, 2.45) is 0 Å². The Labute approximate surface area is 59.8 Å². The van der Waals surface area contributed by atoms with E-state index in [1.54, 1.807) is 0 Å². The topological polar surface area (TPSA) is 20.3 Å². The van der Waals surface area contributed by atoms with Crippen LogP contribution in [0.4, 0.5) is 0 Å². The molecule has 0 saturated carbocycles. The van der Waals surface area contributed by atoms with Crippen molar-refractivity contribution in [2.45, 2.75) is 18.9 Å². The number of carbonyl (C=O) groups is 1. The number of likely N-dealkylation sites (tertiary alicyclic amines) is 1. The Morgan fingerprint density at radius 3 is 2.67 bits per heavy atom. The van der Waals surface area contributed by atoms with Gasteiger partial charge in [-0.15, -0.1) is 0 Å². The zero-order valence-corrected chi connectivity index (χ0v) is 6.19. The van der Waals surface area contributed by atoms with Crippen LogP contribution in [0.25, 0.3) is 0 Å². The number of carbonyl (C=O) groups excluding carboxylic acids is 1. The number of nitrogens with zero attached hydrogens (tertiary/aromatic N) is 1. The minimum absolute atomic E-state index is 0.00772. The Balaban J connectivity index is 2.49. The number of hydrogen-bond donors (Lipinski definition) is 0. The van der Waals surface area contributed by atoms with E-state index >= 15 is 0 Å². The number of rotatable bonds is 1. The molecule has 9 heavy (non-hydrogen) atoms. The summed E-state index contributed by atoms with van der Waals surface area (Å²) in [5.41, 5.74) is 0. The molecule has 1 rings (SSSR count). The first kappa shape index (κ1) is 7.03. The molecule has 0 spiro atoms. The van der Waals surface area contributed by atoms with E-state index in [1.807, 2.05) is 11.9 Å². The summed E-state index contributed by atoms with van der Waals surface area (Å²) < 4.78 is 0. The molecule has 0 amide bonds. The van der Waals surface area contributed by atoms with Crippen molar-refractivity contribution >= 4 is 16.8 Å². The van der Waals surface area contributed by atoms with Crippen LogP contribution < -0.4 is 0 Å². The molecule has 1 unspecified atom stereocenters. The lowest BCUT2D eigenvalue weighted by Crippen LogP contribution is -2.29. The van der Waals surface area contributed by atoms with Crippen LogP contribution >= 0.6 is 11.6 Å². The molecule has 52 valence electrons. The fourth-order valence-electron chi connectivity index (χ4n) is 1.20. The second kappa shape index (κ2) is 2.67. The summed E-state index contributed by atoms with van der Waals surface area (Å²) >= 11 is 5.30. The molecule has 0 aromatic rings. The minimum Gasteiger partial charge on any atom is -0.296 e. The third-order valence-electron chi connectivity index (χ3n) is 1.78. The average Bonchev–Trinajstić information content (AvgIpc) is 2.13. The molecule has 1 aliphatic rings. The Kier molecular flexibility index (Phi) is 2.09. The minimum atomic E-state index is -0.213. The van der Waals surface area contributed by atoms with E-state index in [-0.39, 0.29) is 11.3 Å². The normalized spacial score (nSPS) is 28.9. The van der Waals surface area contributed by atoms with Crippen molar-refractivity contribution in [1.29, 1.82) is 0 Å². The van der Waals surface area contributed by atoms with E-state index in [9.17, 15) is 4.79 Å². The zero-order valence-electron chi connectivity index (χ0n) is 5.43. The zero-order chi connectivity index (χ0) is 6.85. The average molecular weight is 148 g/mol. The van der Waals surface area contributed by atoms with Gasteiger partial charge in [-0.2, -0.15) is 0 Å². The first-order valence-electron chi connectivity index (χ1n) is 3.11. The van der Waals surface area contributed by atoms with Gasteiger partial charge in [0.05, 0.1) is 6.04 Å². The summed E-state index contributed by atoms with van der Waals surface area (Å²) in [4.78, 5) is 12.6. The van der Waals surface area contributed by atoms with Crippen LogP contribution in [0.1, 0.15) is 12.8 Å². The fourth-order valence-corrected chi connectivity index (χ4v) is 1.47. The van der Waals surface area contributed by atoms with Gasteiger partial charge >= 0.3 is 0 Å². The molecule has 0 aromatic heterocycles. The third kappa shape index (κ3) is 1.43. The van der Waals surface area contributed by atoms with Gasteiger partial charge in [-0.25, -0.2) is 0 Å². The SMILES string of the molecule is CN1CCCC1C(=O)Cl. The molecular weight excluding hydrogens is 138 g/mol. The lowest BCUT2D eigenvalue weighted by Gasteiger charge is -2.13. The maximum absolute atomic E-state index is 10.6. The predicted octanol–water partition coefficient (Wildman–Crippen LogP) is 0.846. The summed E-state index contributed by atoms with van der Waals surface area (Å²) in [5.74, 6) is 0. The highest BCUT2D eigenvalue weighted by Gasteiger charge is 2.25. The van der Waals surface area contributed by atoms with Gasteiger partial charge in [-0.05, 0) is 38.0 Å². The molecule has 3 heteroatoms. The van der Waals surface area contributed by atoms with E-state index in [4.69, 9.17) is 11.6 Å². The molecular formula is C6H10ClNO. The van der Waals surface area contributed by atoms with Crippen molar-refractivity contribution < 1.29 is 4.79 Å². The van der Waals surface area contributed by atoms with E-state index in [0.717, 1.165) is 19.4 Å². The van der Waals surface area contributed by atoms with Crippen molar-refractivity contribution in [1.82, 2.24) is 4.90 Å². The van der Waals surface area contributed by atoms with Crippen LogP contribution in [0.3, 0.4) is 0 Å². The van der Waals surface area contributed by atoms with Gasteiger partial charge < -0.3 is 0 Å². The molecule has 1 fully saturated rings.